The van der Waals surface area contributed by atoms with Crippen LogP contribution >= 0.6 is 0 Å². The van der Waals surface area contributed by atoms with E-state index in [0.29, 0.717) is 11.5 Å². The normalized spacial score (nSPS) is 15.6. The van der Waals surface area contributed by atoms with E-state index in [-0.39, 0.29) is 5.91 Å². The lowest BCUT2D eigenvalue weighted by Gasteiger charge is -2.33. The summed E-state index contributed by atoms with van der Waals surface area (Å²) in [5.74, 6) is 0.513. The third-order valence-electron chi connectivity index (χ3n) is 4.41. The van der Waals surface area contributed by atoms with Crippen LogP contribution in [0.5, 0.6) is 0 Å². The Morgan fingerprint density at radius 3 is 2.70 bits per heavy atom. The molecule has 122 valence electrons. The first kappa shape index (κ1) is 15.5. The van der Waals surface area contributed by atoms with Gasteiger partial charge in [-0.2, -0.15) is 5.10 Å². The molecular weight excluding hydrogens is 290 g/mol. The second-order valence-corrected chi connectivity index (χ2v) is 5.93. The number of carbonyl (C=O) groups is 1. The minimum absolute atomic E-state index is 0.0266. The molecule has 1 aliphatic rings. The van der Waals surface area contributed by atoms with Gasteiger partial charge in [0.25, 0.3) is 5.91 Å². The van der Waals surface area contributed by atoms with Crippen LogP contribution in [0, 0.1) is 5.92 Å². The van der Waals surface area contributed by atoms with Crippen LogP contribution in [-0.4, -0.2) is 40.3 Å². The minimum atomic E-state index is -0.0266. The highest BCUT2D eigenvalue weighted by Crippen LogP contribution is 2.22. The van der Waals surface area contributed by atoms with E-state index in [1.807, 2.05) is 31.5 Å². The quantitative estimate of drug-likeness (QED) is 0.916. The van der Waals surface area contributed by atoms with E-state index >= 15 is 0 Å². The number of pyridine rings is 1. The second-order valence-electron chi connectivity index (χ2n) is 5.93. The Labute approximate surface area is 136 Å². The lowest BCUT2D eigenvalue weighted by molar-refractivity contribution is 0.0945. The van der Waals surface area contributed by atoms with Crippen molar-refractivity contribution in [2.75, 3.05) is 24.5 Å². The zero-order valence-corrected chi connectivity index (χ0v) is 13.5. The molecule has 23 heavy (non-hydrogen) atoms. The van der Waals surface area contributed by atoms with Crippen LogP contribution < -0.4 is 10.2 Å². The highest BCUT2D eigenvalue weighted by molar-refractivity contribution is 5.93. The number of nitrogens with zero attached hydrogens (tertiary/aromatic N) is 4. The van der Waals surface area contributed by atoms with Gasteiger partial charge in [-0.1, -0.05) is 0 Å². The summed E-state index contributed by atoms with van der Waals surface area (Å²) in [6.45, 7) is 5.57. The van der Waals surface area contributed by atoms with Crippen molar-refractivity contribution in [2.24, 2.45) is 5.92 Å². The first-order chi connectivity index (χ1) is 11.3. The number of piperidine rings is 1. The molecule has 3 heterocycles. The molecule has 6 heteroatoms. The number of aryl methyl sites for hydroxylation is 1. The van der Waals surface area contributed by atoms with Gasteiger partial charge >= 0.3 is 0 Å². The van der Waals surface area contributed by atoms with E-state index in [1.54, 1.807) is 17.1 Å². The molecule has 1 saturated heterocycles. The zero-order chi connectivity index (χ0) is 16.1. The van der Waals surface area contributed by atoms with Crippen LogP contribution in [0.3, 0.4) is 0 Å². The average molecular weight is 313 g/mol. The standard InChI is InChI=1S/C17H23N5O/c1-2-22-13-15(12-20-22)17(23)19-11-14-5-9-21(10-6-14)16-3-7-18-8-4-16/h3-4,7-8,12-14H,2,5-6,9-11H2,1H3,(H,19,23). The fourth-order valence-corrected chi connectivity index (χ4v) is 2.94. The molecule has 3 rings (SSSR count). The predicted octanol–water partition coefficient (Wildman–Crippen LogP) is 1.94. The van der Waals surface area contributed by atoms with Gasteiger partial charge in [0.15, 0.2) is 0 Å². The fourth-order valence-electron chi connectivity index (χ4n) is 2.94. The average Bonchev–Trinajstić information content (AvgIpc) is 3.10. The van der Waals surface area contributed by atoms with Crippen LogP contribution in [0.1, 0.15) is 30.1 Å². The summed E-state index contributed by atoms with van der Waals surface area (Å²) in [5, 5.41) is 7.18. The topological polar surface area (TPSA) is 63.1 Å². The van der Waals surface area contributed by atoms with E-state index in [4.69, 9.17) is 0 Å². The smallest absolute Gasteiger partial charge is 0.254 e. The lowest BCUT2D eigenvalue weighted by atomic mass is 9.96. The minimum Gasteiger partial charge on any atom is -0.371 e. The zero-order valence-electron chi connectivity index (χ0n) is 13.5. The van der Waals surface area contributed by atoms with Crippen molar-refractivity contribution in [3.63, 3.8) is 0 Å². The molecular formula is C17H23N5O. The van der Waals surface area contributed by atoms with Crippen molar-refractivity contribution < 1.29 is 4.79 Å². The van der Waals surface area contributed by atoms with E-state index in [9.17, 15) is 4.79 Å². The third-order valence-corrected chi connectivity index (χ3v) is 4.41. The predicted molar refractivity (Wildman–Crippen MR) is 89.4 cm³/mol. The summed E-state index contributed by atoms with van der Waals surface area (Å²) < 4.78 is 1.77. The fraction of sp³-hybridized carbons (Fsp3) is 0.471. The summed E-state index contributed by atoms with van der Waals surface area (Å²) in [7, 11) is 0. The molecule has 0 unspecified atom stereocenters. The van der Waals surface area contributed by atoms with Gasteiger partial charge in [0.2, 0.25) is 0 Å². The Morgan fingerprint density at radius 2 is 2.04 bits per heavy atom. The molecule has 1 aliphatic heterocycles. The number of carbonyl (C=O) groups excluding carboxylic acids is 1. The van der Waals surface area contributed by atoms with Gasteiger partial charge in [0.1, 0.15) is 0 Å². The van der Waals surface area contributed by atoms with Crippen LogP contribution in [0.15, 0.2) is 36.9 Å². The number of aromatic nitrogens is 3. The van der Waals surface area contributed by atoms with E-state index < -0.39 is 0 Å². The molecule has 2 aromatic heterocycles. The molecule has 0 spiro atoms. The SMILES string of the molecule is CCn1cc(C(=O)NCC2CCN(c3ccncc3)CC2)cn1. The van der Waals surface area contributed by atoms with Gasteiger partial charge in [-0.15, -0.1) is 0 Å². The highest BCUT2D eigenvalue weighted by Gasteiger charge is 2.20. The van der Waals surface area contributed by atoms with Crippen LogP contribution in [0.4, 0.5) is 5.69 Å². The van der Waals surface area contributed by atoms with Crippen molar-refractivity contribution >= 4 is 11.6 Å². The van der Waals surface area contributed by atoms with Crippen molar-refractivity contribution in [3.8, 4) is 0 Å². The number of amides is 1. The number of nitrogens with one attached hydrogen (secondary N) is 1. The molecule has 0 aromatic carbocycles. The maximum absolute atomic E-state index is 12.1. The number of anilines is 1. The molecule has 1 amide bonds. The monoisotopic (exact) mass is 313 g/mol. The Morgan fingerprint density at radius 1 is 1.30 bits per heavy atom. The van der Waals surface area contributed by atoms with E-state index in [1.165, 1.54) is 5.69 Å². The maximum atomic E-state index is 12.1. The molecule has 6 nitrogen and oxygen atoms in total. The maximum Gasteiger partial charge on any atom is 0.254 e. The molecule has 0 saturated carbocycles. The third kappa shape index (κ3) is 3.88. The van der Waals surface area contributed by atoms with Gasteiger partial charge in [0, 0.05) is 50.5 Å². The van der Waals surface area contributed by atoms with Gasteiger partial charge in [-0.25, -0.2) is 0 Å². The molecule has 0 aliphatic carbocycles. The Hall–Kier alpha value is -2.37. The first-order valence-corrected chi connectivity index (χ1v) is 8.22. The summed E-state index contributed by atoms with van der Waals surface area (Å²) in [6, 6.07) is 4.10. The Bertz CT molecular complexity index is 631. The number of rotatable bonds is 5. The molecule has 0 atom stereocenters. The lowest BCUT2D eigenvalue weighted by Crippen LogP contribution is -2.38. The second kappa shape index (κ2) is 7.26. The van der Waals surface area contributed by atoms with Crippen molar-refractivity contribution in [3.05, 3.63) is 42.5 Å². The number of hydrogen-bond donors (Lipinski definition) is 1. The Balaban J connectivity index is 1.45. The summed E-state index contributed by atoms with van der Waals surface area (Å²) >= 11 is 0. The van der Waals surface area contributed by atoms with Gasteiger partial charge in [0.05, 0.1) is 11.8 Å². The Kier molecular flexibility index (Phi) is 4.90. The first-order valence-electron chi connectivity index (χ1n) is 8.22. The van der Waals surface area contributed by atoms with Crippen LogP contribution in [0.2, 0.25) is 0 Å². The van der Waals surface area contributed by atoms with Gasteiger partial charge in [-0.3, -0.25) is 14.5 Å². The van der Waals surface area contributed by atoms with Crippen LogP contribution in [-0.2, 0) is 6.54 Å². The molecule has 2 aromatic rings. The molecule has 1 fully saturated rings. The van der Waals surface area contributed by atoms with Crippen molar-refractivity contribution in [1.29, 1.82) is 0 Å². The summed E-state index contributed by atoms with van der Waals surface area (Å²) in [4.78, 5) is 18.6. The number of hydrogen-bond acceptors (Lipinski definition) is 4. The summed E-state index contributed by atoms with van der Waals surface area (Å²) in [6.07, 6.45) is 9.27. The summed E-state index contributed by atoms with van der Waals surface area (Å²) in [5.41, 5.74) is 1.87. The van der Waals surface area contributed by atoms with Gasteiger partial charge in [-0.05, 0) is 37.8 Å². The molecule has 1 N–H and O–H groups in total. The molecule has 0 bridgehead atoms. The van der Waals surface area contributed by atoms with E-state index in [0.717, 1.165) is 39.0 Å². The van der Waals surface area contributed by atoms with Gasteiger partial charge < -0.3 is 10.2 Å². The van der Waals surface area contributed by atoms with Crippen molar-refractivity contribution in [1.82, 2.24) is 20.1 Å². The largest absolute Gasteiger partial charge is 0.371 e. The van der Waals surface area contributed by atoms with E-state index in [2.05, 4.69) is 20.3 Å². The van der Waals surface area contributed by atoms with Crippen LogP contribution in [0.25, 0.3) is 0 Å². The molecule has 0 radical (unpaired) electrons. The highest BCUT2D eigenvalue weighted by atomic mass is 16.1. The van der Waals surface area contributed by atoms with Crippen molar-refractivity contribution in [2.45, 2.75) is 26.3 Å².